The molecule has 0 atom stereocenters. The van der Waals surface area contributed by atoms with Gasteiger partial charge in [-0.05, 0) is 55.5 Å². The van der Waals surface area contributed by atoms with Crippen LogP contribution in [0.25, 0.3) is 10.9 Å². The number of carbonyl (C=O) groups excluding carboxylic acids is 2. The fourth-order valence-corrected chi connectivity index (χ4v) is 2.86. The van der Waals surface area contributed by atoms with Crippen molar-refractivity contribution >= 4 is 34.1 Å². The molecule has 0 aliphatic carbocycles. The summed E-state index contributed by atoms with van der Waals surface area (Å²) in [7, 11) is 1.72. The Bertz CT molecular complexity index is 1130. The van der Waals surface area contributed by atoms with Gasteiger partial charge in [0.1, 0.15) is 0 Å². The molecule has 0 aliphatic rings. The van der Waals surface area contributed by atoms with E-state index in [1.165, 1.54) is 0 Å². The maximum absolute atomic E-state index is 12.5. The zero-order valence-electron chi connectivity index (χ0n) is 15.1. The van der Waals surface area contributed by atoms with E-state index in [4.69, 9.17) is 0 Å². The van der Waals surface area contributed by atoms with Gasteiger partial charge >= 0.3 is 0 Å². The van der Waals surface area contributed by atoms with Crippen LogP contribution in [0.4, 0.5) is 11.4 Å². The van der Waals surface area contributed by atoms with E-state index in [-0.39, 0.29) is 17.4 Å². The van der Waals surface area contributed by atoms with Gasteiger partial charge in [0, 0.05) is 34.9 Å². The number of amides is 2. The third-order valence-electron chi connectivity index (χ3n) is 4.24. The van der Waals surface area contributed by atoms with Crippen LogP contribution in [0.3, 0.4) is 0 Å². The molecular weight excluding hydrogens is 342 g/mol. The van der Waals surface area contributed by atoms with E-state index in [0.717, 1.165) is 17.0 Å². The Morgan fingerprint density at radius 3 is 2.52 bits per heavy atom. The lowest BCUT2D eigenvalue weighted by molar-refractivity contribution is -0.111. The first-order valence-electron chi connectivity index (χ1n) is 8.34. The predicted octanol–water partition coefficient (Wildman–Crippen LogP) is 3.22. The second-order valence-electron chi connectivity index (χ2n) is 6.19. The molecule has 0 saturated carbocycles. The number of nitrogens with zero attached hydrogens (tertiary/aromatic N) is 1. The molecule has 0 aliphatic heterocycles. The van der Waals surface area contributed by atoms with Gasteiger partial charge in [-0.25, -0.2) is 0 Å². The fraction of sp³-hybridized carbons (Fsp3) is 0.0952. The molecule has 0 bridgehead atoms. The summed E-state index contributed by atoms with van der Waals surface area (Å²) in [6.07, 6.45) is 1.16. The first-order valence-corrected chi connectivity index (χ1v) is 8.34. The van der Waals surface area contributed by atoms with Crippen molar-refractivity contribution in [3.8, 4) is 0 Å². The molecule has 6 heteroatoms. The molecule has 0 unspecified atom stereocenters. The summed E-state index contributed by atoms with van der Waals surface area (Å²) in [6, 6.07) is 13.8. The third-order valence-corrected chi connectivity index (χ3v) is 4.24. The van der Waals surface area contributed by atoms with E-state index in [9.17, 15) is 14.4 Å². The van der Waals surface area contributed by atoms with Gasteiger partial charge in [-0.1, -0.05) is 12.6 Å². The topological polar surface area (TPSA) is 80.2 Å². The first-order chi connectivity index (χ1) is 12.9. The summed E-state index contributed by atoms with van der Waals surface area (Å²) in [5.41, 5.74) is 2.92. The van der Waals surface area contributed by atoms with Crippen LogP contribution in [0.1, 0.15) is 15.9 Å². The van der Waals surface area contributed by atoms with Gasteiger partial charge < -0.3 is 15.2 Å². The van der Waals surface area contributed by atoms with E-state index < -0.39 is 0 Å². The summed E-state index contributed by atoms with van der Waals surface area (Å²) in [4.78, 5) is 36.0. The predicted molar refractivity (Wildman–Crippen MR) is 107 cm³/mol. The molecule has 6 nitrogen and oxygen atoms in total. The van der Waals surface area contributed by atoms with E-state index >= 15 is 0 Å². The van der Waals surface area contributed by atoms with Crippen molar-refractivity contribution < 1.29 is 9.59 Å². The van der Waals surface area contributed by atoms with Gasteiger partial charge in [0.05, 0.1) is 5.52 Å². The van der Waals surface area contributed by atoms with Gasteiger partial charge in [0.25, 0.3) is 11.5 Å². The van der Waals surface area contributed by atoms with Crippen molar-refractivity contribution in [2.45, 2.75) is 6.92 Å². The third kappa shape index (κ3) is 3.79. The second kappa shape index (κ2) is 7.29. The van der Waals surface area contributed by atoms with Gasteiger partial charge in [-0.3, -0.25) is 14.4 Å². The summed E-state index contributed by atoms with van der Waals surface area (Å²) >= 11 is 0. The number of hydrogen-bond acceptors (Lipinski definition) is 3. The Labute approximate surface area is 156 Å². The van der Waals surface area contributed by atoms with Gasteiger partial charge in [-0.2, -0.15) is 0 Å². The highest BCUT2D eigenvalue weighted by Gasteiger charge is 2.09. The molecule has 136 valence electrons. The van der Waals surface area contributed by atoms with Crippen molar-refractivity contribution in [2.24, 2.45) is 7.05 Å². The van der Waals surface area contributed by atoms with Crippen LogP contribution < -0.4 is 16.2 Å². The minimum absolute atomic E-state index is 0.0438. The lowest BCUT2D eigenvalue weighted by Crippen LogP contribution is -2.19. The standard InChI is InChI=1S/C21H19N3O3/c1-4-19(25)22-16-7-5-6-14(11-16)20(26)23-17-8-9-18-15(12-17)10-13(2)21(27)24(18)3/h4-12H,1H2,2-3H3,(H,22,25)(H,23,26). The molecule has 2 aromatic carbocycles. The van der Waals surface area contributed by atoms with Crippen LogP contribution in [-0.4, -0.2) is 16.4 Å². The number of rotatable bonds is 4. The Morgan fingerprint density at radius 2 is 1.78 bits per heavy atom. The Morgan fingerprint density at radius 1 is 1.04 bits per heavy atom. The maximum Gasteiger partial charge on any atom is 0.255 e. The SMILES string of the molecule is C=CC(=O)Nc1cccc(C(=O)Nc2ccc3c(c2)cc(C)c(=O)n3C)c1. The van der Waals surface area contributed by atoms with Crippen molar-refractivity contribution in [1.29, 1.82) is 0 Å². The summed E-state index contributed by atoms with van der Waals surface area (Å²) in [6.45, 7) is 5.16. The number of aromatic nitrogens is 1. The molecule has 1 heterocycles. The quantitative estimate of drug-likeness (QED) is 0.700. The highest BCUT2D eigenvalue weighted by Crippen LogP contribution is 2.20. The zero-order valence-corrected chi connectivity index (χ0v) is 15.1. The zero-order chi connectivity index (χ0) is 19.6. The molecule has 0 fully saturated rings. The Hall–Kier alpha value is -3.67. The van der Waals surface area contributed by atoms with Crippen LogP contribution in [-0.2, 0) is 11.8 Å². The average Bonchev–Trinajstić information content (AvgIpc) is 2.66. The number of hydrogen-bond donors (Lipinski definition) is 2. The summed E-state index contributed by atoms with van der Waals surface area (Å²) in [5, 5.41) is 6.32. The number of pyridine rings is 1. The van der Waals surface area contributed by atoms with Crippen molar-refractivity contribution in [2.75, 3.05) is 10.6 Å². The largest absolute Gasteiger partial charge is 0.323 e. The Kier molecular flexibility index (Phi) is 4.90. The van der Waals surface area contributed by atoms with Crippen molar-refractivity contribution in [3.63, 3.8) is 0 Å². The molecule has 0 radical (unpaired) electrons. The lowest BCUT2D eigenvalue weighted by atomic mass is 10.1. The van der Waals surface area contributed by atoms with Crippen molar-refractivity contribution in [1.82, 2.24) is 4.57 Å². The monoisotopic (exact) mass is 361 g/mol. The van der Waals surface area contributed by atoms with E-state index in [1.54, 1.807) is 61.0 Å². The van der Waals surface area contributed by atoms with Gasteiger partial charge in [0.2, 0.25) is 5.91 Å². The van der Waals surface area contributed by atoms with Crippen LogP contribution in [0.15, 0.2) is 66.0 Å². The second-order valence-corrected chi connectivity index (χ2v) is 6.19. The van der Waals surface area contributed by atoms with E-state index in [1.807, 2.05) is 6.07 Å². The number of aryl methyl sites for hydroxylation is 2. The number of nitrogens with one attached hydrogen (secondary N) is 2. The lowest BCUT2D eigenvalue weighted by Gasteiger charge is -2.10. The number of fused-ring (bicyclic) bond motifs is 1. The molecule has 0 saturated heterocycles. The smallest absolute Gasteiger partial charge is 0.255 e. The van der Waals surface area contributed by atoms with Crippen molar-refractivity contribution in [3.05, 3.63) is 82.7 Å². The highest BCUT2D eigenvalue weighted by atomic mass is 16.2. The molecule has 2 N–H and O–H groups in total. The van der Waals surface area contributed by atoms with Crippen LogP contribution in [0.2, 0.25) is 0 Å². The minimum atomic E-state index is -0.344. The molecule has 1 aromatic heterocycles. The van der Waals surface area contributed by atoms with E-state index in [2.05, 4.69) is 17.2 Å². The van der Waals surface area contributed by atoms with E-state index in [0.29, 0.717) is 22.5 Å². The van der Waals surface area contributed by atoms with Crippen LogP contribution >= 0.6 is 0 Å². The average molecular weight is 361 g/mol. The summed E-state index contributed by atoms with van der Waals surface area (Å²) in [5.74, 6) is -0.645. The molecule has 27 heavy (non-hydrogen) atoms. The highest BCUT2D eigenvalue weighted by molar-refractivity contribution is 6.06. The van der Waals surface area contributed by atoms with Gasteiger partial charge in [0.15, 0.2) is 0 Å². The van der Waals surface area contributed by atoms with Crippen LogP contribution in [0, 0.1) is 6.92 Å². The Balaban J connectivity index is 1.87. The minimum Gasteiger partial charge on any atom is -0.323 e. The maximum atomic E-state index is 12.5. The molecule has 0 spiro atoms. The number of benzene rings is 2. The van der Waals surface area contributed by atoms with Gasteiger partial charge in [-0.15, -0.1) is 0 Å². The number of anilines is 2. The molecular formula is C21H19N3O3. The first kappa shape index (κ1) is 18.1. The summed E-state index contributed by atoms with van der Waals surface area (Å²) < 4.78 is 1.59. The molecule has 3 aromatic rings. The molecule has 2 amide bonds. The number of carbonyl (C=O) groups is 2. The normalized spacial score (nSPS) is 10.4. The van der Waals surface area contributed by atoms with Crippen LogP contribution in [0.5, 0.6) is 0 Å². The molecule has 3 rings (SSSR count). The fourth-order valence-electron chi connectivity index (χ4n) is 2.86.